The number of benzene rings is 1. The van der Waals surface area contributed by atoms with Gasteiger partial charge in [-0.25, -0.2) is 14.4 Å². The molecule has 0 saturated heterocycles. The third-order valence-electron chi connectivity index (χ3n) is 3.54. The first-order valence-corrected chi connectivity index (χ1v) is 7.31. The van der Waals surface area contributed by atoms with Crippen LogP contribution in [0.3, 0.4) is 0 Å². The molecule has 0 aliphatic heterocycles. The minimum atomic E-state index is -0.317. The quantitative estimate of drug-likeness (QED) is 0.563. The van der Waals surface area contributed by atoms with Gasteiger partial charge in [0, 0.05) is 18.8 Å². The molecule has 10 heteroatoms. The maximum absolute atomic E-state index is 14.0. The lowest BCUT2D eigenvalue weighted by Crippen LogP contribution is -2.10. The van der Waals surface area contributed by atoms with Gasteiger partial charge in [0.2, 0.25) is 11.9 Å². The van der Waals surface area contributed by atoms with E-state index >= 15 is 0 Å². The van der Waals surface area contributed by atoms with E-state index in [1.807, 2.05) is 0 Å². The van der Waals surface area contributed by atoms with Crippen LogP contribution < -0.4 is 11.5 Å². The van der Waals surface area contributed by atoms with Crippen LogP contribution in [0, 0.1) is 5.82 Å². The van der Waals surface area contributed by atoms with Crippen LogP contribution in [0.5, 0.6) is 0 Å². The zero-order chi connectivity index (χ0) is 17.4. The van der Waals surface area contributed by atoms with Gasteiger partial charge in [-0.15, -0.1) is 0 Å². The van der Waals surface area contributed by atoms with Crippen LogP contribution in [-0.4, -0.2) is 34.7 Å². The summed E-state index contributed by atoms with van der Waals surface area (Å²) < 4.78 is 15.3. The molecule has 0 radical (unpaired) electrons. The highest BCUT2D eigenvalue weighted by Crippen LogP contribution is 2.21. The minimum Gasteiger partial charge on any atom is -0.368 e. The Kier molecular flexibility index (Phi) is 3.42. The first-order chi connectivity index (χ1) is 12.1. The number of aromatic nitrogens is 7. The summed E-state index contributed by atoms with van der Waals surface area (Å²) in [6.07, 6.45) is 3.29. The van der Waals surface area contributed by atoms with Gasteiger partial charge in [-0.3, -0.25) is 0 Å². The Morgan fingerprint density at radius 3 is 2.44 bits per heavy atom. The van der Waals surface area contributed by atoms with Crippen molar-refractivity contribution in [2.75, 3.05) is 11.5 Å². The number of nitrogen functional groups attached to an aromatic ring is 2. The van der Waals surface area contributed by atoms with E-state index in [0.717, 1.165) is 0 Å². The Balaban J connectivity index is 1.88. The number of hydrogen-bond donors (Lipinski definition) is 2. The molecule has 3 aromatic heterocycles. The zero-order valence-electron chi connectivity index (χ0n) is 12.8. The molecule has 4 N–H and O–H groups in total. The van der Waals surface area contributed by atoms with Crippen LogP contribution in [-0.2, 0) is 6.42 Å². The van der Waals surface area contributed by atoms with Gasteiger partial charge in [-0.2, -0.15) is 24.7 Å². The lowest BCUT2D eigenvalue weighted by molar-refractivity contribution is 0.613. The number of hydrogen-bond acceptors (Lipinski definition) is 8. The fraction of sp³-hybridized carbons (Fsp3) is 0.0667. The number of anilines is 2. The van der Waals surface area contributed by atoms with E-state index in [9.17, 15) is 4.39 Å². The predicted molar refractivity (Wildman–Crippen MR) is 88.1 cm³/mol. The Morgan fingerprint density at radius 2 is 1.68 bits per heavy atom. The Bertz CT molecular complexity index is 1060. The molecule has 4 aromatic rings. The van der Waals surface area contributed by atoms with E-state index < -0.39 is 0 Å². The van der Waals surface area contributed by atoms with Crippen LogP contribution in [0.15, 0.2) is 36.7 Å². The summed E-state index contributed by atoms with van der Waals surface area (Å²) in [6, 6.07) is 6.48. The van der Waals surface area contributed by atoms with Gasteiger partial charge in [-0.05, 0) is 11.6 Å². The van der Waals surface area contributed by atoms with Crippen molar-refractivity contribution in [1.82, 2.24) is 34.7 Å². The highest BCUT2D eigenvalue weighted by atomic mass is 19.1. The van der Waals surface area contributed by atoms with Crippen molar-refractivity contribution in [2.24, 2.45) is 0 Å². The lowest BCUT2D eigenvalue weighted by Gasteiger charge is -2.02. The second-order valence-corrected chi connectivity index (χ2v) is 5.21. The van der Waals surface area contributed by atoms with Gasteiger partial charge in [0.25, 0.3) is 5.95 Å². The molecule has 0 atom stereocenters. The molecule has 0 aliphatic carbocycles. The van der Waals surface area contributed by atoms with Crippen molar-refractivity contribution in [3.05, 3.63) is 53.7 Å². The van der Waals surface area contributed by atoms with Crippen molar-refractivity contribution >= 4 is 23.1 Å². The van der Waals surface area contributed by atoms with E-state index in [4.69, 9.17) is 11.5 Å². The van der Waals surface area contributed by atoms with Crippen LogP contribution in [0.25, 0.3) is 17.1 Å². The van der Waals surface area contributed by atoms with Crippen molar-refractivity contribution in [2.45, 2.75) is 6.42 Å². The number of halogens is 1. The minimum absolute atomic E-state index is 0.0364. The highest BCUT2D eigenvalue weighted by molar-refractivity contribution is 5.75. The molecule has 0 amide bonds. The molecule has 0 saturated carbocycles. The number of nitrogens with two attached hydrogens (primary N) is 2. The van der Waals surface area contributed by atoms with Crippen molar-refractivity contribution < 1.29 is 4.39 Å². The van der Waals surface area contributed by atoms with Crippen molar-refractivity contribution in [3.8, 4) is 5.95 Å². The van der Waals surface area contributed by atoms with Gasteiger partial charge in [0.1, 0.15) is 11.3 Å². The van der Waals surface area contributed by atoms with E-state index in [2.05, 4.69) is 30.0 Å². The average Bonchev–Trinajstić information content (AvgIpc) is 2.95. The zero-order valence-corrected chi connectivity index (χ0v) is 12.8. The third-order valence-corrected chi connectivity index (χ3v) is 3.54. The van der Waals surface area contributed by atoms with Gasteiger partial charge in [0.15, 0.2) is 5.65 Å². The lowest BCUT2D eigenvalue weighted by atomic mass is 10.1. The monoisotopic (exact) mass is 337 g/mol. The molecule has 1 aromatic carbocycles. The predicted octanol–water partition coefficient (Wildman–Crippen LogP) is 0.895. The van der Waals surface area contributed by atoms with Crippen molar-refractivity contribution in [3.63, 3.8) is 0 Å². The summed E-state index contributed by atoms with van der Waals surface area (Å²) in [5.41, 5.74) is 13.2. The standard InChI is InChI=1S/C15H12FN9/c16-9-4-2-1-3-8(9)7-10-11-12(20-6-5-19-11)25(24-10)15-22-13(17)21-14(18)23-15/h1-6H,7H2,(H4,17,18,21,22,23). The van der Waals surface area contributed by atoms with Crippen LogP contribution >= 0.6 is 0 Å². The van der Waals surface area contributed by atoms with Crippen LogP contribution in [0.2, 0.25) is 0 Å². The molecule has 9 nitrogen and oxygen atoms in total. The molecular formula is C15H12FN9. The third kappa shape index (κ3) is 2.69. The van der Waals surface area contributed by atoms with E-state index in [1.165, 1.54) is 23.1 Å². The number of rotatable bonds is 3. The summed E-state index contributed by atoms with van der Waals surface area (Å²) >= 11 is 0. The first-order valence-electron chi connectivity index (χ1n) is 7.31. The summed E-state index contributed by atoms with van der Waals surface area (Å²) in [5, 5.41) is 4.44. The van der Waals surface area contributed by atoms with E-state index in [1.54, 1.807) is 18.2 Å². The fourth-order valence-electron chi connectivity index (χ4n) is 2.48. The summed E-state index contributed by atoms with van der Waals surface area (Å²) in [7, 11) is 0. The van der Waals surface area contributed by atoms with E-state index in [-0.39, 0.29) is 30.1 Å². The van der Waals surface area contributed by atoms with E-state index in [0.29, 0.717) is 22.4 Å². The van der Waals surface area contributed by atoms with Gasteiger partial charge in [-0.1, -0.05) is 18.2 Å². The molecule has 0 fully saturated rings. The summed E-state index contributed by atoms with van der Waals surface area (Å²) in [4.78, 5) is 20.3. The molecule has 4 rings (SSSR count). The molecule has 0 bridgehead atoms. The van der Waals surface area contributed by atoms with Crippen LogP contribution in [0.1, 0.15) is 11.3 Å². The van der Waals surface area contributed by atoms with Gasteiger partial charge < -0.3 is 11.5 Å². The molecule has 0 unspecified atom stereocenters. The Morgan fingerprint density at radius 1 is 0.960 bits per heavy atom. The molecule has 3 heterocycles. The molecular weight excluding hydrogens is 325 g/mol. The Hall–Kier alpha value is -3.69. The highest BCUT2D eigenvalue weighted by Gasteiger charge is 2.18. The SMILES string of the molecule is Nc1nc(N)nc(-n2nc(Cc3ccccc3F)c3nccnc32)n1. The molecule has 0 aliphatic rings. The normalized spacial score (nSPS) is 11.1. The Labute approximate surface area is 140 Å². The maximum atomic E-state index is 14.0. The maximum Gasteiger partial charge on any atom is 0.259 e. The molecule has 0 spiro atoms. The largest absolute Gasteiger partial charge is 0.368 e. The van der Waals surface area contributed by atoms with Crippen molar-refractivity contribution in [1.29, 1.82) is 0 Å². The van der Waals surface area contributed by atoms with Crippen LogP contribution in [0.4, 0.5) is 16.3 Å². The fourth-order valence-corrected chi connectivity index (χ4v) is 2.48. The smallest absolute Gasteiger partial charge is 0.259 e. The first kappa shape index (κ1) is 14.9. The number of nitrogens with zero attached hydrogens (tertiary/aromatic N) is 7. The van der Waals surface area contributed by atoms with Gasteiger partial charge >= 0.3 is 0 Å². The summed E-state index contributed by atoms with van der Waals surface area (Å²) in [5.74, 6) is -0.269. The summed E-state index contributed by atoms with van der Waals surface area (Å²) in [6.45, 7) is 0. The second kappa shape index (κ2) is 5.74. The molecule has 25 heavy (non-hydrogen) atoms. The second-order valence-electron chi connectivity index (χ2n) is 5.21. The molecule has 124 valence electrons. The average molecular weight is 337 g/mol. The number of fused-ring (bicyclic) bond motifs is 1. The topological polar surface area (TPSA) is 134 Å². The van der Waals surface area contributed by atoms with Gasteiger partial charge in [0.05, 0.1) is 5.69 Å².